The molecule has 0 aromatic carbocycles. The summed E-state index contributed by atoms with van der Waals surface area (Å²) in [5.41, 5.74) is -0.817. The molecular formula is C14H18ClF3N2. The van der Waals surface area contributed by atoms with Crippen LogP contribution < -0.4 is 5.32 Å². The van der Waals surface area contributed by atoms with E-state index >= 15 is 0 Å². The van der Waals surface area contributed by atoms with Gasteiger partial charge in [-0.2, -0.15) is 13.2 Å². The predicted octanol–water partition coefficient (Wildman–Crippen LogP) is 5.13. The van der Waals surface area contributed by atoms with E-state index in [1.54, 1.807) is 0 Å². The Morgan fingerprint density at radius 1 is 1.40 bits per heavy atom. The molecule has 1 saturated carbocycles. The number of halogens is 4. The average molecular weight is 307 g/mol. The fraction of sp³-hybridized carbons (Fsp3) is 0.643. The van der Waals surface area contributed by atoms with E-state index in [2.05, 4.69) is 17.2 Å². The van der Waals surface area contributed by atoms with Crippen LogP contribution >= 0.6 is 11.6 Å². The molecule has 6 heteroatoms. The minimum atomic E-state index is -4.41. The van der Waals surface area contributed by atoms with Gasteiger partial charge in [0.15, 0.2) is 0 Å². The number of aromatic nitrogens is 1. The maximum absolute atomic E-state index is 12.5. The standard InChI is InChI=1S/C14H18ClF3N2/c1-2-9-4-3-5-11(6-9)20-13-12(15)7-10(8-19-13)14(16,17)18/h7-9,11H,2-6H2,1H3,(H,19,20). The number of nitrogens with one attached hydrogen (secondary N) is 1. The molecule has 1 aliphatic carbocycles. The number of pyridine rings is 1. The highest BCUT2D eigenvalue weighted by Gasteiger charge is 2.32. The van der Waals surface area contributed by atoms with Gasteiger partial charge in [0.05, 0.1) is 10.6 Å². The molecule has 2 unspecified atom stereocenters. The Morgan fingerprint density at radius 2 is 2.15 bits per heavy atom. The fourth-order valence-corrected chi connectivity index (χ4v) is 2.91. The van der Waals surface area contributed by atoms with Gasteiger partial charge in [0.2, 0.25) is 0 Å². The highest BCUT2D eigenvalue weighted by Crippen LogP contribution is 2.34. The summed E-state index contributed by atoms with van der Waals surface area (Å²) in [6.45, 7) is 2.16. The van der Waals surface area contributed by atoms with Gasteiger partial charge in [-0.25, -0.2) is 4.98 Å². The number of hydrogen-bond acceptors (Lipinski definition) is 2. The number of hydrogen-bond donors (Lipinski definition) is 1. The van der Waals surface area contributed by atoms with Crippen LogP contribution in [0.1, 0.15) is 44.6 Å². The highest BCUT2D eigenvalue weighted by molar-refractivity contribution is 6.33. The lowest BCUT2D eigenvalue weighted by Crippen LogP contribution is -2.27. The van der Waals surface area contributed by atoms with Gasteiger partial charge in [-0.3, -0.25) is 0 Å². The zero-order valence-corrected chi connectivity index (χ0v) is 12.1. The molecule has 0 amide bonds. The normalized spacial score (nSPS) is 23.6. The van der Waals surface area contributed by atoms with Gasteiger partial charge in [0.1, 0.15) is 5.82 Å². The smallest absolute Gasteiger partial charge is 0.366 e. The van der Waals surface area contributed by atoms with Gasteiger partial charge in [-0.1, -0.05) is 37.8 Å². The topological polar surface area (TPSA) is 24.9 Å². The van der Waals surface area contributed by atoms with Gasteiger partial charge in [-0.15, -0.1) is 0 Å². The zero-order chi connectivity index (χ0) is 14.8. The van der Waals surface area contributed by atoms with Crippen LogP contribution in [-0.2, 0) is 6.18 Å². The number of anilines is 1. The third-order valence-corrected chi connectivity index (χ3v) is 4.16. The number of rotatable bonds is 3. The van der Waals surface area contributed by atoms with Crippen molar-refractivity contribution in [3.63, 3.8) is 0 Å². The van der Waals surface area contributed by atoms with E-state index in [1.807, 2.05) is 0 Å². The lowest BCUT2D eigenvalue weighted by Gasteiger charge is -2.29. The lowest BCUT2D eigenvalue weighted by molar-refractivity contribution is -0.137. The minimum absolute atomic E-state index is 0.0263. The molecule has 0 aliphatic heterocycles. The van der Waals surface area contributed by atoms with Gasteiger partial charge in [0.25, 0.3) is 0 Å². The Hall–Kier alpha value is -0.970. The third-order valence-electron chi connectivity index (χ3n) is 3.87. The summed E-state index contributed by atoms with van der Waals surface area (Å²) in [6, 6.07) is 1.17. The second-order valence-corrected chi connectivity index (χ2v) is 5.74. The van der Waals surface area contributed by atoms with Crippen LogP contribution in [0.2, 0.25) is 5.02 Å². The summed E-state index contributed by atoms with van der Waals surface area (Å²) in [4.78, 5) is 3.83. The Kier molecular flexibility index (Phi) is 4.78. The molecule has 0 spiro atoms. The zero-order valence-electron chi connectivity index (χ0n) is 11.3. The van der Waals surface area contributed by atoms with Gasteiger partial charge in [0, 0.05) is 12.2 Å². The summed E-state index contributed by atoms with van der Waals surface area (Å²) < 4.78 is 37.6. The third kappa shape index (κ3) is 3.78. The average Bonchev–Trinajstić information content (AvgIpc) is 2.40. The first-order valence-corrected chi connectivity index (χ1v) is 7.27. The van der Waals surface area contributed by atoms with Crippen molar-refractivity contribution in [3.8, 4) is 0 Å². The molecular weight excluding hydrogens is 289 g/mol. The molecule has 20 heavy (non-hydrogen) atoms. The largest absolute Gasteiger partial charge is 0.417 e. The summed E-state index contributed by atoms with van der Waals surface area (Å²) in [5.74, 6) is 1.02. The van der Waals surface area contributed by atoms with E-state index < -0.39 is 11.7 Å². The van der Waals surface area contributed by atoms with Gasteiger partial charge in [-0.05, 0) is 24.8 Å². The summed E-state index contributed by atoms with van der Waals surface area (Å²) in [6.07, 6.45) is 1.94. The van der Waals surface area contributed by atoms with Crippen LogP contribution in [0.4, 0.5) is 19.0 Å². The lowest BCUT2D eigenvalue weighted by atomic mass is 9.84. The van der Waals surface area contributed by atoms with Gasteiger partial charge >= 0.3 is 6.18 Å². The van der Waals surface area contributed by atoms with Crippen molar-refractivity contribution in [1.82, 2.24) is 4.98 Å². The van der Waals surface area contributed by atoms with Crippen LogP contribution in [0.25, 0.3) is 0 Å². The molecule has 0 radical (unpaired) electrons. The second kappa shape index (κ2) is 6.20. The predicted molar refractivity (Wildman–Crippen MR) is 73.9 cm³/mol. The van der Waals surface area contributed by atoms with E-state index in [0.717, 1.165) is 37.9 Å². The molecule has 1 fully saturated rings. The molecule has 0 saturated heterocycles. The van der Waals surface area contributed by atoms with Crippen molar-refractivity contribution in [3.05, 3.63) is 22.8 Å². The van der Waals surface area contributed by atoms with Crippen molar-refractivity contribution in [2.75, 3.05) is 5.32 Å². The summed E-state index contributed by atoms with van der Waals surface area (Å²) >= 11 is 5.90. The second-order valence-electron chi connectivity index (χ2n) is 5.33. The van der Waals surface area contributed by atoms with E-state index in [9.17, 15) is 13.2 Å². The Morgan fingerprint density at radius 3 is 2.75 bits per heavy atom. The molecule has 1 aliphatic rings. The fourth-order valence-electron chi connectivity index (χ4n) is 2.69. The van der Waals surface area contributed by atoms with E-state index in [0.29, 0.717) is 11.7 Å². The van der Waals surface area contributed by atoms with Crippen LogP contribution in [0.5, 0.6) is 0 Å². The molecule has 112 valence electrons. The Bertz CT molecular complexity index is 462. The van der Waals surface area contributed by atoms with Gasteiger partial charge < -0.3 is 5.32 Å². The van der Waals surface area contributed by atoms with Crippen molar-refractivity contribution in [1.29, 1.82) is 0 Å². The first-order chi connectivity index (χ1) is 9.40. The number of nitrogens with zero attached hydrogens (tertiary/aromatic N) is 1. The van der Waals surface area contributed by atoms with Crippen molar-refractivity contribution in [2.45, 2.75) is 51.2 Å². The van der Waals surface area contributed by atoms with Crippen molar-refractivity contribution >= 4 is 17.4 Å². The Labute approximate surface area is 121 Å². The number of alkyl halides is 3. The molecule has 1 N–H and O–H groups in total. The molecule has 1 heterocycles. The molecule has 2 atom stereocenters. The summed E-state index contributed by atoms with van der Waals surface area (Å²) in [7, 11) is 0. The molecule has 0 bridgehead atoms. The van der Waals surface area contributed by atoms with Crippen LogP contribution in [0.15, 0.2) is 12.3 Å². The molecule has 1 aromatic heterocycles. The monoisotopic (exact) mass is 306 g/mol. The van der Waals surface area contributed by atoms with Crippen molar-refractivity contribution in [2.24, 2.45) is 5.92 Å². The summed E-state index contributed by atoms with van der Waals surface area (Å²) in [5, 5.41) is 3.21. The molecule has 2 rings (SSSR count). The SMILES string of the molecule is CCC1CCCC(Nc2ncc(C(F)(F)F)cc2Cl)C1. The highest BCUT2D eigenvalue weighted by atomic mass is 35.5. The maximum atomic E-state index is 12.5. The van der Waals surface area contributed by atoms with E-state index in [-0.39, 0.29) is 11.1 Å². The molecule has 2 nitrogen and oxygen atoms in total. The maximum Gasteiger partial charge on any atom is 0.417 e. The minimum Gasteiger partial charge on any atom is -0.366 e. The molecule has 1 aromatic rings. The van der Waals surface area contributed by atoms with Crippen molar-refractivity contribution < 1.29 is 13.2 Å². The van der Waals surface area contributed by atoms with E-state index in [4.69, 9.17) is 11.6 Å². The first-order valence-electron chi connectivity index (χ1n) is 6.89. The quantitative estimate of drug-likeness (QED) is 0.837. The van der Waals surface area contributed by atoms with Crippen LogP contribution in [0.3, 0.4) is 0 Å². The van der Waals surface area contributed by atoms with Crippen LogP contribution in [-0.4, -0.2) is 11.0 Å². The Balaban J connectivity index is 2.06. The van der Waals surface area contributed by atoms with E-state index in [1.165, 1.54) is 6.42 Å². The first kappa shape index (κ1) is 15.4. The van der Waals surface area contributed by atoms with Crippen LogP contribution in [0, 0.1) is 5.92 Å².